The predicted molar refractivity (Wildman–Crippen MR) is 172 cm³/mol. The van der Waals surface area contributed by atoms with Crippen LogP contribution in [0.5, 0.6) is 0 Å². The van der Waals surface area contributed by atoms with Gasteiger partial charge < -0.3 is 15.1 Å². The smallest absolute Gasteiger partial charge is 0.220 e. The maximum atomic E-state index is 11.8. The Bertz CT molecular complexity index is 1310. The first kappa shape index (κ1) is 30.2. The number of hydrogen-bond donors (Lipinski definition) is 1. The average Bonchev–Trinajstić information content (AvgIpc) is 2.96. The molecule has 0 spiro atoms. The third-order valence-corrected chi connectivity index (χ3v) is 6.90. The molecule has 2 aromatic rings. The fraction of sp³-hybridized carbons (Fsp3) is 0.314. The van der Waals surface area contributed by atoms with E-state index in [0.717, 1.165) is 24.9 Å². The number of carbonyl (C=O) groups is 1. The van der Waals surface area contributed by atoms with Gasteiger partial charge in [-0.05, 0) is 71.5 Å². The highest BCUT2D eigenvalue weighted by Gasteiger charge is 2.10. The van der Waals surface area contributed by atoms with Gasteiger partial charge in [0.1, 0.15) is 14.1 Å². The molecule has 2 aromatic carbocycles. The maximum Gasteiger partial charge on any atom is 0.220 e. The largest absolute Gasteiger partial charge is 0.378 e. The molecule has 0 saturated heterocycles. The zero-order valence-corrected chi connectivity index (χ0v) is 24.7. The fourth-order valence-corrected chi connectivity index (χ4v) is 4.38. The number of rotatable bonds is 12. The molecule has 0 aromatic heterocycles. The van der Waals surface area contributed by atoms with Crippen molar-refractivity contribution in [3.05, 3.63) is 95.6 Å². The van der Waals surface area contributed by atoms with E-state index >= 15 is 0 Å². The lowest BCUT2D eigenvalue weighted by molar-refractivity contribution is -0.462. The summed E-state index contributed by atoms with van der Waals surface area (Å²) in [5.41, 5.74) is 8.21. The van der Waals surface area contributed by atoms with Crippen LogP contribution < -0.4 is 15.1 Å². The second-order valence-electron chi connectivity index (χ2n) is 10.4. The van der Waals surface area contributed by atoms with Gasteiger partial charge in [-0.25, -0.2) is 4.58 Å². The van der Waals surface area contributed by atoms with E-state index in [1.807, 2.05) is 0 Å². The second-order valence-corrected chi connectivity index (χ2v) is 10.4. The highest BCUT2D eigenvalue weighted by atomic mass is 16.1. The molecular weight excluding hydrogens is 492 g/mol. The number of allylic oxidation sites excluding steroid dienone is 7. The SMILES string of the molecule is C#CCCNC(=O)CCCCN(C)c1ccc(/C=C/C(=C2C=CC(=[N+](C)C)C=C2)c2ccc(N(C)C)cc2)cc1. The first-order valence-electron chi connectivity index (χ1n) is 13.9. The molecule has 0 saturated carbocycles. The molecule has 1 N–H and O–H groups in total. The number of carbonyl (C=O) groups excluding carboxylic acids is 1. The third kappa shape index (κ3) is 9.17. The van der Waals surface area contributed by atoms with Gasteiger partial charge in [-0.2, -0.15) is 0 Å². The van der Waals surface area contributed by atoms with Gasteiger partial charge in [0.15, 0.2) is 5.71 Å². The van der Waals surface area contributed by atoms with Crippen molar-refractivity contribution < 1.29 is 9.37 Å². The molecule has 5 nitrogen and oxygen atoms in total. The Morgan fingerprint density at radius 1 is 0.925 bits per heavy atom. The summed E-state index contributed by atoms with van der Waals surface area (Å²) in [6.07, 6.45) is 21.2. The molecule has 0 unspecified atom stereocenters. The normalized spacial score (nSPS) is 12.4. The van der Waals surface area contributed by atoms with Crippen molar-refractivity contribution in [2.75, 3.05) is 58.1 Å². The number of amides is 1. The van der Waals surface area contributed by atoms with E-state index in [-0.39, 0.29) is 5.91 Å². The molecule has 3 rings (SSSR count). The Morgan fingerprint density at radius 3 is 2.17 bits per heavy atom. The number of benzene rings is 2. The van der Waals surface area contributed by atoms with Crippen LogP contribution in [0.1, 0.15) is 36.8 Å². The van der Waals surface area contributed by atoms with Crippen molar-refractivity contribution >= 4 is 34.6 Å². The minimum Gasteiger partial charge on any atom is -0.378 e. The summed E-state index contributed by atoms with van der Waals surface area (Å²) < 4.78 is 2.11. The summed E-state index contributed by atoms with van der Waals surface area (Å²) in [5.74, 6) is 2.61. The van der Waals surface area contributed by atoms with E-state index < -0.39 is 0 Å². The molecule has 0 radical (unpaired) electrons. The average molecular weight is 536 g/mol. The fourth-order valence-electron chi connectivity index (χ4n) is 4.38. The van der Waals surface area contributed by atoms with Gasteiger partial charge in [-0.15, -0.1) is 12.3 Å². The van der Waals surface area contributed by atoms with Gasteiger partial charge in [-0.3, -0.25) is 4.79 Å². The topological polar surface area (TPSA) is 38.6 Å². The summed E-state index contributed by atoms with van der Waals surface area (Å²) in [6, 6.07) is 17.3. The van der Waals surface area contributed by atoms with Crippen LogP contribution in [0.3, 0.4) is 0 Å². The monoisotopic (exact) mass is 535 g/mol. The van der Waals surface area contributed by atoms with Gasteiger partial charge in [0.05, 0.1) is 0 Å². The zero-order valence-electron chi connectivity index (χ0n) is 24.7. The highest BCUT2D eigenvalue weighted by Crippen LogP contribution is 2.27. The lowest BCUT2D eigenvalue weighted by Gasteiger charge is -2.19. The van der Waals surface area contributed by atoms with Crippen molar-refractivity contribution in [1.29, 1.82) is 0 Å². The second kappa shape index (κ2) is 15.3. The summed E-state index contributed by atoms with van der Waals surface area (Å²) in [7, 11) is 10.3. The molecule has 208 valence electrons. The van der Waals surface area contributed by atoms with Crippen LogP contribution in [0.2, 0.25) is 0 Å². The first-order valence-corrected chi connectivity index (χ1v) is 13.9. The summed E-state index contributed by atoms with van der Waals surface area (Å²) in [4.78, 5) is 16.2. The van der Waals surface area contributed by atoms with E-state index in [4.69, 9.17) is 6.42 Å². The molecule has 0 bridgehead atoms. The standard InChI is InChI=1S/C35H42N4O/c1-7-8-26-36-35(40)11-9-10-27-39(6)33-19-12-28(13-20-33)14-25-34(29-15-21-31(22-16-29)37(2)3)30-17-23-32(24-18-30)38(4)5/h1,12-25H,8-11,26-27H2,2-6H3/p+1. The number of terminal acetylenes is 1. The summed E-state index contributed by atoms with van der Waals surface area (Å²) in [6.45, 7) is 1.46. The molecule has 5 heteroatoms. The molecule has 1 amide bonds. The predicted octanol–water partition coefficient (Wildman–Crippen LogP) is 5.80. The number of nitrogens with one attached hydrogen (secondary N) is 1. The minimum absolute atomic E-state index is 0.0764. The highest BCUT2D eigenvalue weighted by molar-refractivity contribution is 6.03. The Hall–Kier alpha value is -4.30. The Balaban J connectivity index is 1.68. The van der Waals surface area contributed by atoms with Gasteiger partial charge in [0.2, 0.25) is 5.91 Å². The van der Waals surface area contributed by atoms with Gasteiger partial charge in [-0.1, -0.05) is 36.4 Å². The van der Waals surface area contributed by atoms with Crippen molar-refractivity contribution in [3.63, 3.8) is 0 Å². The molecule has 1 aliphatic carbocycles. The van der Waals surface area contributed by atoms with Crippen LogP contribution >= 0.6 is 0 Å². The Kier molecular flexibility index (Phi) is 11.6. The van der Waals surface area contributed by atoms with Crippen LogP contribution in [0.15, 0.2) is 84.5 Å². The third-order valence-electron chi connectivity index (χ3n) is 6.90. The van der Waals surface area contributed by atoms with Crippen LogP contribution in [0.4, 0.5) is 11.4 Å². The molecule has 0 fully saturated rings. The van der Waals surface area contributed by atoms with E-state index in [2.05, 4.69) is 146 Å². The Morgan fingerprint density at radius 2 is 1.57 bits per heavy atom. The maximum absolute atomic E-state index is 11.8. The summed E-state index contributed by atoms with van der Waals surface area (Å²) in [5, 5.41) is 2.86. The van der Waals surface area contributed by atoms with Crippen molar-refractivity contribution in [3.8, 4) is 12.3 Å². The lowest BCUT2D eigenvalue weighted by atomic mass is 9.95. The van der Waals surface area contributed by atoms with Crippen LogP contribution in [0, 0.1) is 12.3 Å². The van der Waals surface area contributed by atoms with Gasteiger partial charge >= 0.3 is 0 Å². The number of hydrogen-bond acceptors (Lipinski definition) is 3. The molecule has 1 aliphatic rings. The zero-order chi connectivity index (χ0) is 28.9. The lowest BCUT2D eigenvalue weighted by Crippen LogP contribution is -2.24. The first-order chi connectivity index (χ1) is 19.3. The molecule has 40 heavy (non-hydrogen) atoms. The Labute approximate surface area is 240 Å². The number of unbranched alkanes of at least 4 members (excludes halogenated alkanes) is 1. The quantitative estimate of drug-likeness (QED) is 0.212. The van der Waals surface area contributed by atoms with E-state index in [1.54, 1.807) is 0 Å². The van der Waals surface area contributed by atoms with Crippen molar-refractivity contribution in [1.82, 2.24) is 5.32 Å². The van der Waals surface area contributed by atoms with Gasteiger partial charge in [0.25, 0.3) is 0 Å². The number of anilines is 2. The minimum atomic E-state index is 0.0764. The number of nitrogens with zero attached hydrogens (tertiary/aromatic N) is 3. The molecular formula is C35H43N4O+. The summed E-state index contributed by atoms with van der Waals surface area (Å²) >= 11 is 0. The molecule has 0 heterocycles. The molecule has 0 atom stereocenters. The van der Waals surface area contributed by atoms with Crippen LogP contribution in [0.25, 0.3) is 11.6 Å². The van der Waals surface area contributed by atoms with Crippen LogP contribution in [-0.2, 0) is 4.79 Å². The van der Waals surface area contributed by atoms with Crippen molar-refractivity contribution in [2.45, 2.75) is 25.7 Å². The van der Waals surface area contributed by atoms with Crippen molar-refractivity contribution in [2.24, 2.45) is 0 Å². The van der Waals surface area contributed by atoms with Gasteiger partial charge in [0, 0.05) is 70.6 Å². The molecule has 0 aliphatic heterocycles. The van der Waals surface area contributed by atoms with Crippen LogP contribution in [-0.4, -0.2) is 64.5 Å². The van der Waals surface area contributed by atoms with E-state index in [9.17, 15) is 4.79 Å². The van der Waals surface area contributed by atoms with E-state index in [0.29, 0.717) is 19.4 Å². The van der Waals surface area contributed by atoms with E-state index in [1.165, 1.54) is 33.8 Å².